The van der Waals surface area contributed by atoms with Crippen molar-refractivity contribution >= 4 is 5.91 Å². The second kappa shape index (κ2) is 7.87. The lowest BCUT2D eigenvalue weighted by Gasteiger charge is -2.32. The zero-order valence-electron chi connectivity index (χ0n) is 15.1. The van der Waals surface area contributed by atoms with Crippen molar-refractivity contribution in [1.29, 1.82) is 0 Å². The third-order valence-electron chi connectivity index (χ3n) is 4.59. The highest BCUT2D eigenvalue weighted by atomic mass is 16.5. The van der Waals surface area contributed by atoms with Gasteiger partial charge in [-0.05, 0) is 35.7 Å². The Morgan fingerprint density at radius 2 is 1.46 bits per heavy atom. The molecule has 0 aliphatic heterocycles. The average molecular weight is 345 g/mol. The van der Waals surface area contributed by atoms with E-state index in [4.69, 9.17) is 4.74 Å². The van der Waals surface area contributed by atoms with E-state index in [2.05, 4.69) is 5.32 Å². The molecule has 26 heavy (non-hydrogen) atoms. The standard InChI is InChI=1S/C23H23NO2/c1-23(19-11-5-3-6-12-19,20-13-7-4-8-14-20)24-22(25)17-18-10-9-15-21(16-18)26-2/h3-16H,17H2,1-2H3,(H,24,25). The summed E-state index contributed by atoms with van der Waals surface area (Å²) in [5, 5.41) is 3.23. The van der Waals surface area contributed by atoms with Gasteiger partial charge in [0.05, 0.1) is 19.1 Å². The monoisotopic (exact) mass is 345 g/mol. The molecular weight excluding hydrogens is 322 g/mol. The van der Waals surface area contributed by atoms with Crippen molar-refractivity contribution < 1.29 is 9.53 Å². The largest absolute Gasteiger partial charge is 0.497 e. The van der Waals surface area contributed by atoms with Gasteiger partial charge < -0.3 is 10.1 Å². The van der Waals surface area contributed by atoms with Crippen LogP contribution in [0.2, 0.25) is 0 Å². The van der Waals surface area contributed by atoms with Crippen LogP contribution in [0.25, 0.3) is 0 Å². The van der Waals surface area contributed by atoms with Crippen molar-refractivity contribution in [3.8, 4) is 5.75 Å². The third-order valence-corrected chi connectivity index (χ3v) is 4.59. The SMILES string of the molecule is COc1cccc(CC(=O)NC(C)(c2ccccc2)c2ccccc2)c1. The van der Waals surface area contributed by atoms with Gasteiger partial charge in [-0.2, -0.15) is 0 Å². The normalized spacial score (nSPS) is 11.0. The summed E-state index contributed by atoms with van der Waals surface area (Å²) in [5.74, 6) is 0.720. The Bertz CT molecular complexity index is 820. The quantitative estimate of drug-likeness (QED) is 0.723. The molecule has 0 bridgehead atoms. The summed E-state index contributed by atoms with van der Waals surface area (Å²) < 4.78 is 5.24. The summed E-state index contributed by atoms with van der Waals surface area (Å²) in [6.45, 7) is 2.04. The van der Waals surface area contributed by atoms with Crippen molar-refractivity contribution in [3.63, 3.8) is 0 Å². The number of hydrogen-bond donors (Lipinski definition) is 1. The van der Waals surface area contributed by atoms with Crippen molar-refractivity contribution in [3.05, 3.63) is 102 Å². The number of amides is 1. The van der Waals surface area contributed by atoms with Gasteiger partial charge >= 0.3 is 0 Å². The molecule has 0 spiro atoms. The molecule has 0 aliphatic rings. The van der Waals surface area contributed by atoms with Crippen LogP contribution >= 0.6 is 0 Å². The number of ether oxygens (including phenoxy) is 1. The minimum Gasteiger partial charge on any atom is -0.497 e. The molecule has 0 saturated carbocycles. The zero-order valence-corrected chi connectivity index (χ0v) is 15.1. The molecule has 0 atom stereocenters. The fraction of sp³-hybridized carbons (Fsp3) is 0.174. The molecule has 3 nitrogen and oxygen atoms in total. The van der Waals surface area contributed by atoms with Crippen LogP contribution in [-0.2, 0) is 16.8 Å². The van der Waals surface area contributed by atoms with Crippen LogP contribution in [0, 0.1) is 0 Å². The van der Waals surface area contributed by atoms with E-state index < -0.39 is 5.54 Å². The Morgan fingerprint density at radius 3 is 2.00 bits per heavy atom. The van der Waals surface area contributed by atoms with E-state index >= 15 is 0 Å². The first-order valence-corrected chi connectivity index (χ1v) is 8.67. The maximum Gasteiger partial charge on any atom is 0.225 e. The maximum atomic E-state index is 12.8. The fourth-order valence-corrected chi connectivity index (χ4v) is 3.14. The van der Waals surface area contributed by atoms with Crippen molar-refractivity contribution in [2.75, 3.05) is 7.11 Å². The van der Waals surface area contributed by atoms with Gasteiger partial charge in [-0.15, -0.1) is 0 Å². The van der Waals surface area contributed by atoms with Crippen molar-refractivity contribution in [2.45, 2.75) is 18.9 Å². The molecule has 3 heteroatoms. The van der Waals surface area contributed by atoms with Crippen LogP contribution in [0.3, 0.4) is 0 Å². The molecule has 132 valence electrons. The first-order chi connectivity index (χ1) is 12.6. The molecule has 3 rings (SSSR count). The molecule has 0 radical (unpaired) electrons. The molecule has 0 saturated heterocycles. The summed E-state index contributed by atoms with van der Waals surface area (Å²) in [5.41, 5.74) is 2.42. The smallest absolute Gasteiger partial charge is 0.225 e. The second-order valence-electron chi connectivity index (χ2n) is 6.43. The van der Waals surface area contributed by atoms with Crippen molar-refractivity contribution in [2.24, 2.45) is 0 Å². The number of benzene rings is 3. The summed E-state index contributed by atoms with van der Waals surface area (Å²) in [4.78, 5) is 12.8. The summed E-state index contributed by atoms with van der Waals surface area (Å²) >= 11 is 0. The van der Waals surface area contributed by atoms with Crippen LogP contribution in [0.15, 0.2) is 84.9 Å². The van der Waals surface area contributed by atoms with Crippen LogP contribution in [-0.4, -0.2) is 13.0 Å². The van der Waals surface area contributed by atoms with E-state index in [0.29, 0.717) is 6.42 Å². The lowest BCUT2D eigenvalue weighted by Crippen LogP contribution is -2.45. The maximum absolute atomic E-state index is 12.8. The van der Waals surface area contributed by atoms with Gasteiger partial charge in [0.25, 0.3) is 0 Å². The van der Waals surface area contributed by atoms with Crippen LogP contribution in [0.1, 0.15) is 23.6 Å². The van der Waals surface area contributed by atoms with E-state index in [-0.39, 0.29) is 5.91 Å². The number of rotatable bonds is 6. The molecule has 0 aromatic heterocycles. The van der Waals surface area contributed by atoms with Crippen LogP contribution < -0.4 is 10.1 Å². The molecule has 0 heterocycles. The van der Waals surface area contributed by atoms with E-state index in [1.54, 1.807) is 7.11 Å². The van der Waals surface area contributed by atoms with Gasteiger partial charge in [-0.1, -0.05) is 72.8 Å². The molecule has 0 aliphatic carbocycles. The molecule has 0 unspecified atom stereocenters. The Labute approximate surface area is 154 Å². The van der Waals surface area contributed by atoms with Crippen molar-refractivity contribution in [1.82, 2.24) is 5.32 Å². The number of carbonyl (C=O) groups is 1. The summed E-state index contributed by atoms with van der Waals surface area (Å²) in [6, 6.07) is 27.7. The second-order valence-corrected chi connectivity index (χ2v) is 6.43. The van der Waals surface area contributed by atoms with Gasteiger partial charge in [0.2, 0.25) is 5.91 Å². The highest BCUT2D eigenvalue weighted by Gasteiger charge is 2.30. The molecular formula is C23H23NO2. The van der Waals surface area contributed by atoms with E-state index in [1.807, 2.05) is 91.9 Å². The summed E-state index contributed by atoms with van der Waals surface area (Å²) in [7, 11) is 1.63. The highest BCUT2D eigenvalue weighted by molar-refractivity contribution is 5.80. The summed E-state index contributed by atoms with van der Waals surface area (Å²) in [6.07, 6.45) is 0.298. The molecule has 0 fully saturated rings. The first-order valence-electron chi connectivity index (χ1n) is 8.67. The predicted molar refractivity (Wildman–Crippen MR) is 104 cm³/mol. The third kappa shape index (κ3) is 3.94. The number of carbonyl (C=O) groups excluding carboxylic acids is 1. The Morgan fingerprint density at radius 1 is 0.885 bits per heavy atom. The van der Waals surface area contributed by atoms with E-state index in [1.165, 1.54) is 0 Å². The minimum atomic E-state index is -0.599. The van der Waals surface area contributed by atoms with Crippen LogP contribution in [0.4, 0.5) is 0 Å². The highest BCUT2D eigenvalue weighted by Crippen LogP contribution is 2.29. The van der Waals surface area contributed by atoms with Crippen LogP contribution in [0.5, 0.6) is 5.75 Å². The minimum absolute atomic E-state index is 0.0338. The fourth-order valence-electron chi connectivity index (χ4n) is 3.14. The molecule has 1 N–H and O–H groups in total. The van der Waals surface area contributed by atoms with Gasteiger partial charge in [0.15, 0.2) is 0 Å². The van der Waals surface area contributed by atoms with Gasteiger partial charge in [0.1, 0.15) is 5.75 Å². The Hall–Kier alpha value is -3.07. The van der Waals surface area contributed by atoms with Gasteiger partial charge in [-0.25, -0.2) is 0 Å². The Kier molecular flexibility index (Phi) is 5.37. The number of methoxy groups -OCH3 is 1. The topological polar surface area (TPSA) is 38.3 Å². The van der Waals surface area contributed by atoms with E-state index in [0.717, 1.165) is 22.4 Å². The number of hydrogen-bond acceptors (Lipinski definition) is 2. The Balaban J connectivity index is 1.87. The number of nitrogens with one attached hydrogen (secondary N) is 1. The van der Waals surface area contributed by atoms with Gasteiger partial charge in [-0.3, -0.25) is 4.79 Å². The predicted octanol–water partition coefficient (Wildman–Crippen LogP) is 4.32. The zero-order chi connectivity index (χ0) is 18.4. The molecule has 3 aromatic carbocycles. The average Bonchev–Trinajstić information content (AvgIpc) is 2.69. The molecule has 3 aromatic rings. The lowest BCUT2D eigenvalue weighted by molar-refractivity contribution is -0.121. The van der Waals surface area contributed by atoms with E-state index in [9.17, 15) is 4.79 Å². The van der Waals surface area contributed by atoms with Gasteiger partial charge in [0, 0.05) is 0 Å². The lowest BCUT2D eigenvalue weighted by atomic mass is 9.84. The molecule has 1 amide bonds. The first kappa shape index (κ1) is 17.7.